The van der Waals surface area contributed by atoms with Crippen LogP contribution in [0.25, 0.3) is 0 Å². The van der Waals surface area contributed by atoms with Crippen molar-refractivity contribution >= 4 is 28.4 Å². The van der Waals surface area contributed by atoms with Crippen LogP contribution in [-0.2, 0) is 23.2 Å². The van der Waals surface area contributed by atoms with E-state index >= 15 is 0 Å². The Morgan fingerprint density at radius 2 is 1.20 bits per heavy atom. The monoisotopic (exact) mass is 710 g/mol. The van der Waals surface area contributed by atoms with E-state index in [1.54, 1.807) is 13.8 Å². The van der Waals surface area contributed by atoms with Crippen molar-refractivity contribution in [2.24, 2.45) is 5.41 Å². The van der Waals surface area contributed by atoms with Crippen molar-refractivity contribution in [3.8, 4) is 0 Å². The topological polar surface area (TPSA) is 82.1 Å². The lowest BCUT2D eigenvalue weighted by Crippen LogP contribution is -2.50. The minimum Gasteiger partial charge on any atom is -0.456 e. The highest BCUT2D eigenvalue weighted by atomic mass is 28.4. The number of ether oxygens (including phenoxy) is 1. The van der Waals surface area contributed by atoms with E-state index in [2.05, 4.69) is 54.6 Å². The molecule has 0 aliphatic rings. The molecule has 2 aromatic carbocycles. The first-order chi connectivity index (χ1) is 22.7. The van der Waals surface area contributed by atoms with Gasteiger partial charge in [0, 0.05) is 5.92 Å². The fourth-order valence-corrected chi connectivity index (χ4v) is 10.5. The highest BCUT2D eigenvalue weighted by Gasteiger charge is 2.46. The SMILES string of the molecule is CC[C@H](O[Si](CC)(CC)CC)C(C)(C)C(=O)[C@H](O)/C(C)=C(\C)C(C)OC(=O)[C@H](O[Si](C)(C)C(C)(C)C)C(c1ccccc1)c1ccccc1. The van der Waals surface area contributed by atoms with Crippen LogP contribution in [0.4, 0.5) is 0 Å². The molecule has 0 aliphatic heterocycles. The van der Waals surface area contributed by atoms with Gasteiger partial charge in [-0.05, 0) is 85.7 Å². The minimum absolute atomic E-state index is 0.146. The highest BCUT2D eigenvalue weighted by Crippen LogP contribution is 2.41. The number of rotatable bonds is 18. The van der Waals surface area contributed by atoms with Gasteiger partial charge < -0.3 is 18.7 Å². The molecule has 2 rings (SSSR count). The molecule has 0 amide bonds. The second-order valence-corrected chi connectivity index (χ2v) is 25.3. The molecule has 1 N–H and O–H groups in total. The number of aliphatic hydroxyl groups is 1. The van der Waals surface area contributed by atoms with Gasteiger partial charge in [0.1, 0.15) is 12.2 Å². The van der Waals surface area contributed by atoms with Crippen molar-refractivity contribution in [3.63, 3.8) is 0 Å². The molecule has 1 unspecified atom stereocenters. The number of hydrogen-bond donors (Lipinski definition) is 1. The Morgan fingerprint density at radius 3 is 1.59 bits per heavy atom. The summed E-state index contributed by atoms with van der Waals surface area (Å²) >= 11 is 0. The van der Waals surface area contributed by atoms with Crippen LogP contribution in [0.1, 0.15) is 107 Å². The van der Waals surface area contributed by atoms with Gasteiger partial charge >= 0.3 is 5.97 Å². The van der Waals surface area contributed by atoms with Gasteiger partial charge in [-0.25, -0.2) is 4.79 Å². The maximum Gasteiger partial charge on any atom is 0.335 e. The molecule has 2 aromatic rings. The number of hydrogen-bond acceptors (Lipinski definition) is 6. The van der Waals surface area contributed by atoms with Crippen molar-refractivity contribution in [1.82, 2.24) is 0 Å². The zero-order valence-electron chi connectivity index (χ0n) is 33.0. The Balaban J connectivity index is 2.49. The lowest BCUT2D eigenvalue weighted by atomic mass is 9.77. The van der Waals surface area contributed by atoms with Crippen LogP contribution < -0.4 is 0 Å². The van der Waals surface area contributed by atoms with Crippen LogP contribution in [0.15, 0.2) is 71.8 Å². The molecule has 49 heavy (non-hydrogen) atoms. The van der Waals surface area contributed by atoms with Crippen molar-refractivity contribution in [2.45, 2.75) is 156 Å². The van der Waals surface area contributed by atoms with E-state index in [0.29, 0.717) is 17.6 Å². The lowest BCUT2D eigenvalue weighted by molar-refractivity contribution is -0.156. The summed E-state index contributed by atoms with van der Waals surface area (Å²) in [6.45, 7) is 28.5. The van der Waals surface area contributed by atoms with Gasteiger partial charge in [0.15, 0.2) is 28.5 Å². The summed E-state index contributed by atoms with van der Waals surface area (Å²) in [5.74, 6) is -1.15. The van der Waals surface area contributed by atoms with Crippen LogP contribution in [0.3, 0.4) is 0 Å². The average Bonchev–Trinajstić information content (AvgIpc) is 3.07. The van der Waals surface area contributed by atoms with Gasteiger partial charge in [0.25, 0.3) is 0 Å². The van der Waals surface area contributed by atoms with Crippen molar-refractivity contribution in [2.75, 3.05) is 0 Å². The number of benzene rings is 2. The molecule has 0 spiro atoms. The van der Waals surface area contributed by atoms with Crippen LogP contribution in [-0.4, -0.2) is 57.9 Å². The molecule has 8 heteroatoms. The van der Waals surface area contributed by atoms with Crippen molar-refractivity contribution in [1.29, 1.82) is 0 Å². The largest absolute Gasteiger partial charge is 0.456 e. The lowest BCUT2D eigenvalue weighted by Gasteiger charge is -2.41. The first-order valence-corrected chi connectivity index (χ1v) is 23.7. The Kier molecular flexibility index (Phi) is 15.5. The zero-order valence-corrected chi connectivity index (χ0v) is 35.0. The summed E-state index contributed by atoms with van der Waals surface area (Å²) in [7, 11) is -4.45. The normalized spacial score (nSPS) is 16.1. The smallest absolute Gasteiger partial charge is 0.335 e. The van der Waals surface area contributed by atoms with E-state index in [1.165, 1.54) is 0 Å². The third-order valence-corrected chi connectivity index (χ3v) is 20.5. The van der Waals surface area contributed by atoms with Crippen LogP contribution in [0, 0.1) is 5.41 Å². The Bertz CT molecular complexity index is 1330. The van der Waals surface area contributed by atoms with Crippen LogP contribution >= 0.6 is 0 Å². The third kappa shape index (κ3) is 10.3. The molecule has 0 heterocycles. The maximum atomic E-state index is 14.4. The van der Waals surface area contributed by atoms with E-state index in [0.717, 1.165) is 29.3 Å². The summed E-state index contributed by atoms with van der Waals surface area (Å²) in [6.07, 6.45) is -2.58. The van der Waals surface area contributed by atoms with Gasteiger partial charge in [0.05, 0.1) is 11.5 Å². The van der Waals surface area contributed by atoms with E-state index in [1.807, 2.05) is 88.4 Å². The average molecular weight is 711 g/mol. The molecule has 0 saturated heterocycles. The molecule has 4 atom stereocenters. The standard InChI is InChI=1S/C41H66O6Si2/c1-15-34(46-49(16-2,17-3)18-4)41(11,12)38(43)36(42)30(6)29(5)31(7)45-39(44)37(47-48(13,14)40(8,9)10)35(32-25-21-19-22-26-32)33-27-23-20-24-28-33/h19-28,31,34-37,42H,15-18H2,1-14H3/b30-29+/t31?,34-,36+,37+/m0/s1. The van der Waals surface area contributed by atoms with Crippen LogP contribution in [0.2, 0.25) is 36.3 Å². The second-order valence-electron chi connectivity index (χ2n) is 15.8. The minimum atomic E-state index is -2.46. The van der Waals surface area contributed by atoms with Crippen molar-refractivity contribution < 1.29 is 28.3 Å². The number of carbonyl (C=O) groups is 2. The summed E-state index contributed by atoms with van der Waals surface area (Å²) < 4.78 is 20.0. The quantitative estimate of drug-likeness (QED) is 0.0942. The number of Topliss-reactive ketones (excluding diaryl/α,β-unsaturated/α-hetero) is 1. The first kappa shape index (κ1) is 42.8. The molecule has 0 radical (unpaired) electrons. The first-order valence-electron chi connectivity index (χ1n) is 18.3. The summed E-state index contributed by atoms with van der Waals surface area (Å²) in [5, 5.41) is 11.4. The zero-order chi connectivity index (χ0) is 37.4. The van der Waals surface area contributed by atoms with Gasteiger partial charge in [-0.2, -0.15) is 0 Å². The molecule has 274 valence electrons. The molecule has 0 aromatic heterocycles. The van der Waals surface area contributed by atoms with E-state index in [9.17, 15) is 14.7 Å². The number of ketones is 1. The predicted molar refractivity (Wildman–Crippen MR) is 208 cm³/mol. The van der Waals surface area contributed by atoms with Gasteiger partial charge in [-0.1, -0.05) is 123 Å². The molecular formula is C41H66O6Si2. The van der Waals surface area contributed by atoms with E-state index in [-0.39, 0.29) is 16.9 Å². The fraction of sp³-hybridized carbons (Fsp3) is 0.610. The number of aliphatic hydroxyl groups excluding tert-OH is 1. The maximum absolute atomic E-state index is 14.4. The Hall–Kier alpha value is -2.37. The number of esters is 1. The number of carbonyl (C=O) groups excluding carboxylic acids is 2. The van der Waals surface area contributed by atoms with Gasteiger partial charge in [-0.3, -0.25) is 4.79 Å². The highest BCUT2D eigenvalue weighted by molar-refractivity contribution is 6.74. The van der Waals surface area contributed by atoms with Crippen molar-refractivity contribution in [3.05, 3.63) is 82.9 Å². The summed E-state index contributed by atoms with van der Waals surface area (Å²) in [4.78, 5) is 28.4. The predicted octanol–water partition coefficient (Wildman–Crippen LogP) is 10.2. The Labute approximate surface area is 300 Å². The fourth-order valence-electron chi connectivity index (χ4n) is 6.23. The van der Waals surface area contributed by atoms with Crippen LogP contribution in [0.5, 0.6) is 0 Å². The second kappa shape index (κ2) is 17.7. The Morgan fingerprint density at radius 1 is 0.755 bits per heavy atom. The molecule has 0 fully saturated rings. The molecular weight excluding hydrogens is 645 g/mol. The molecule has 0 bridgehead atoms. The van der Waals surface area contributed by atoms with E-state index in [4.69, 9.17) is 13.6 Å². The van der Waals surface area contributed by atoms with Gasteiger partial charge in [-0.15, -0.1) is 0 Å². The molecule has 0 saturated carbocycles. The summed E-state index contributed by atoms with van der Waals surface area (Å²) in [5.41, 5.74) is 2.14. The van der Waals surface area contributed by atoms with Gasteiger partial charge in [0.2, 0.25) is 0 Å². The third-order valence-electron chi connectivity index (χ3n) is 11.4. The van der Waals surface area contributed by atoms with E-state index < -0.39 is 52.2 Å². The molecule has 0 aliphatic carbocycles. The summed E-state index contributed by atoms with van der Waals surface area (Å²) in [6, 6.07) is 22.9. The molecule has 6 nitrogen and oxygen atoms in total.